The standard InChI is InChI=1S/C13H15N3O2/c17-16-8-11-3-1-5-13(7-11)18-6-2-4-12-9-14-10-15-12/h1,5,7,9-10,17H,2-4,6H2,(H,14,15). The number of H-pyrrole nitrogens is 1. The first kappa shape index (κ1) is 12.2. The van der Waals surface area contributed by atoms with E-state index in [1.165, 1.54) is 0 Å². The predicted molar refractivity (Wildman–Crippen MR) is 67.4 cm³/mol. The average molecular weight is 245 g/mol. The Balaban J connectivity index is 1.76. The molecule has 0 aromatic carbocycles. The Morgan fingerprint density at radius 2 is 2.50 bits per heavy atom. The van der Waals surface area contributed by atoms with Crippen LogP contribution < -0.4 is 0 Å². The van der Waals surface area contributed by atoms with Crippen LogP contribution in [0.1, 0.15) is 18.5 Å². The Kier molecular flexibility index (Phi) is 4.39. The molecule has 0 radical (unpaired) electrons. The van der Waals surface area contributed by atoms with Crippen molar-refractivity contribution in [1.82, 2.24) is 9.97 Å². The van der Waals surface area contributed by atoms with Crippen LogP contribution in [0.5, 0.6) is 0 Å². The molecule has 0 bridgehead atoms. The number of imidazole rings is 1. The molecule has 18 heavy (non-hydrogen) atoms. The lowest BCUT2D eigenvalue weighted by molar-refractivity contribution is 0.219. The minimum absolute atomic E-state index is 0.632. The Bertz CT molecular complexity index is 494. The fourth-order valence-corrected chi connectivity index (χ4v) is 1.68. The zero-order valence-corrected chi connectivity index (χ0v) is 9.97. The number of hydrogen-bond donors (Lipinski definition) is 2. The van der Waals surface area contributed by atoms with Crippen LogP contribution in [0.4, 0.5) is 0 Å². The van der Waals surface area contributed by atoms with Gasteiger partial charge in [0.05, 0.1) is 18.6 Å². The van der Waals surface area contributed by atoms with E-state index in [4.69, 9.17) is 9.94 Å². The molecule has 0 unspecified atom stereocenters. The van der Waals surface area contributed by atoms with Crippen LogP contribution in [-0.4, -0.2) is 27.7 Å². The molecule has 0 aliphatic heterocycles. The maximum atomic E-state index is 8.41. The third-order valence-corrected chi connectivity index (χ3v) is 2.53. The minimum atomic E-state index is 0.632. The molecular weight excluding hydrogens is 230 g/mol. The number of aromatic nitrogens is 2. The van der Waals surface area contributed by atoms with Gasteiger partial charge in [0.1, 0.15) is 5.76 Å². The summed E-state index contributed by atoms with van der Waals surface area (Å²) in [6.07, 6.45) is 11.8. The number of ether oxygens (including phenoxy) is 1. The van der Waals surface area contributed by atoms with Crippen molar-refractivity contribution < 1.29 is 9.94 Å². The second kappa shape index (κ2) is 6.47. The number of aromatic amines is 1. The predicted octanol–water partition coefficient (Wildman–Crippen LogP) is 2.19. The summed E-state index contributed by atoms with van der Waals surface area (Å²) in [5, 5.41) is 11.3. The summed E-state index contributed by atoms with van der Waals surface area (Å²) < 4.78 is 5.61. The van der Waals surface area contributed by atoms with Crippen LogP contribution >= 0.6 is 0 Å². The Morgan fingerprint density at radius 1 is 1.56 bits per heavy atom. The summed E-state index contributed by atoms with van der Waals surface area (Å²) in [6, 6.07) is 0. The molecular formula is C13H15N3O2. The van der Waals surface area contributed by atoms with Gasteiger partial charge in [-0.25, -0.2) is 4.98 Å². The van der Waals surface area contributed by atoms with Crippen LogP contribution in [0.15, 0.2) is 47.2 Å². The summed E-state index contributed by atoms with van der Waals surface area (Å²) in [4.78, 5) is 7.06. The second-order valence-electron chi connectivity index (χ2n) is 3.90. The van der Waals surface area contributed by atoms with Gasteiger partial charge in [0.25, 0.3) is 0 Å². The molecule has 1 aromatic rings. The van der Waals surface area contributed by atoms with Crippen molar-refractivity contribution in [2.75, 3.05) is 6.61 Å². The number of hydrogen-bond acceptors (Lipinski definition) is 4. The summed E-state index contributed by atoms with van der Waals surface area (Å²) in [5.41, 5.74) is 1.85. The highest BCUT2D eigenvalue weighted by molar-refractivity contribution is 5.63. The summed E-state index contributed by atoms with van der Waals surface area (Å²) in [6.45, 7) is 0.632. The highest BCUT2D eigenvalue weighted by atomic mass is 16.5. The molecule has 0 amide bonds. The van der Waals surface area contributed by atoms with E-state index in [0.717, 1.165) is 29.9 Å². The molecule has 2 rings (SSSR count). The second-order valence-corrected chi connectivity index (χ2v) is 3.90. The SMILES string of the molecule is ON=C=C1C=C(OCCCc2c[nH]cn2)C=CC1. The van der Waals surface area contributed by atoms with Gasteiger partial charge in [0.2, 0.25) is 0 Å². The summed E-state index contributed by atoms with van der Waals surface area (Å²) >= 11 is 0. The van der Waals surface area contributed by atoms with E-state index in [2.05, 4.69) is 21.0 Å². The van der Waals surface area contributed by atoms with Gasteiger partial charge in [-0.05, 0) is 36.6 Å². The van der Waals surface area contributed by atoms with Gasteiger partial charge in [-0.1, -0.05) is 6.08 Å². The molecule has 5 nitrogen and oxygen atoms in total. The number of aryl methyl sites for hydroxylation is 1. The maximum Gasteiger partial charge on any atom is 0.119 e. The average Bonchev–Trinajstić information content (AvgIpc) is 2.89. The molecule has 1 heterocycles. The Labute approximate surface area is 105 Å². The summed E-state index contributed by atoms with van der Waals surface area (Å²) in [7, 11) is 0. The van der Waals surface area contributed by atoms with Gasteiger partial charge in [-0.2, -0.15) is 0 Å². The van der Waals surface area contributed by atoms with Crippen molar-refractivity contribution in [3.05, 3.63) is 47.8 Å². The molecule has 1 aliphatic carbocycles. The van der Waals surface area contributed by atoms with E-state index in [-0.39, 0.29) is 0 Å². The monoisotopic (exact) mass is 245 g/mol. The lowest BCUT2D eigenvalue weighted by Gasteiger charge is -2.09. The fraction of sp³-hybridized carbons (Fsp3) is 0.308. The molecule has 0 saturated heterocycles. The van der Waals surface area contributed by atoms with Crippen molar-refractivity contribution in [2.45, 2.75) is 19.3 Å². The molecule has 0 saturated carbocycles. The van der Waals surface area contributed by atoms with Crippen molar-refractivity contribution in [1.29, 1.82) is 0 Å². The van der Waals surface area contributed by atoms with Gasteiger partial charge < -0.3 is 14.9 Å². The zero-order chi connectivity index (χ0) is 12.6. The number of nitrogens with zero attached hydrogens (tertiary/aromatic N) is 2. The minimum Gasteiger partial charge on any atom is -0.494 e. The fourth-order valence-electron chi connectivity index (χ4n) is 1.68. The molecule has 1 aliphatic rings. The number of allylic oxidation sites excluding steroid dienone is 4. The third-order valence-electron chi connectivity index (χ3n) is 2.53. The zero-order valence-electron chi connectivity index (χ0n) is 9.97. The summed E-state index contributed by atoms with van der Waals surface area (Å²) in [5.74, 6) is 3.28. The Morgan fingerprint density at radius 3 is 3.28 bits per heavy atom. The number of rotatable bonds is 5. The first-order valence-electron chi connectivity index (χ1n) is 5.83. The topological polar surface area (TPSA) is 70.5 Å². The van der Waals surface area contributed by atoms with Crippen molar-refractivity contribution >= 4 is 5.87 Å². The van der Waals surface area contributed by atoms with Gasteiger partial charge >= 0.3 is 0 Å². The smallest absolute Gasteiger partial charge is 0.119 e. The van der Waals surface area contributed by atoms with E-state index in [1.54, 1.807) is 6.33 Å². The first-order chi connectivity index (χ1) is 8.88. The van der Waals surface area contributed by atoms with Crippen molar-refractivity contribution in [3.63, 3.8) is 0 Å². The molecule has 2 N–H and O–H groups in total. The van der Waals surface area contributed by atoms with Gasteiger partial charge in [-0.15, -0.1) is 0 Å². The lowest BCUT2D eigenvalue weighted by atomic mass is 10.1. The molecule has 94 valence electrons. The first-order valence-corrected chi connectivity index (χ1v) is 5.83. The van der Waals surface area contributed by atoms with Gasteiger partial charge in [-0.3, -0.25) is 0 Å². The third kappa shape index (κ3) is 3.64. The normalized spacial score (nSPS) is 14.0. The molecule has 1 aromatic heterocycles. The molecule has 5 heteroatoms. The van der Waals surface area contributed by atoms with Crippen LogP contribution in [0.2, 0.25) is 0 Å². The highest BCUT2D eigenvalue weighted by Gasteiger charge is 2.03. The van der Waals surface area contributed by atoms with E-state index < -0.39 is 0 Å². The largest absolute Gasteiger partial charge is 0.494 e. The van der Waals surface area contributed by atoms with E-state index in [1.807, 2.05) is 24.4 Å². The van der Waals surface area contributed by atoms with Crippen LogP contribution in [0.3, 0.4) is 0 Å². The van der Waals surface area contributed by atoms with E-state index in [9.17, 15) is 0 Å². The van der Waals surface area contributed by atoms with E-state index >= 15 is 0 Å². The van der Waals surface area contributed by atoms with Crippen molar-refractivity contribution in [2.24, 2.45) is 5.16 Å². The van der Waals surface area contributed by atoms with Gasteiger partial charge in [0.15, 0.2) is 0 Å². The van der Waals surface area contributed by atoms with Crippen LogP contribution in [0.25, 0.3) is 0 Å². The Hall–Kier alpha value is -2.26. The van der Waals surface area contributed by atoms with Gasteiger partial charge in [0, 0.05) is 17.6 Å². The molecule has 0 spiro atoms. The van der Waals surface area contributed by atoms with Crippen LogP contribution in [0, 0.1) is 0 Å². The number of nitrogens with one attached hydrogen (secondary N) is 1. The highest BCUT2D eigenvalue weighted by Crippen LogP contribution is 2.14. The lowest BCUT2D eigenvalue weighted by Crippen LogP contribution is -1.99. The van der Waals surface area contributed by atoms with Crippen molar-refractivity contribution in [3.8, 4) is 0 Å². The molecule has 0 atom stereocenters. The quantitative estimate of drug-likeness (QED) is 0.361. The van der Waals surface area contributed by atoms with E-state index in [0.29, 0.717) is 13.0 Å². The molecule has 0 fully saturated rings. The van der Waals surface area contributed by atoms with Crippen LogP contribution in [-0.2, 0) is 11.2 Å². The maximum absolute atomic E-state index is 8.41.